The van der Waals surface area contributed by atoms with E-state index in [-0.39, 0.29) is 30.7 Å². The lowest BCUT2D eigenvalue weighted by atomic mass is 9.77. The molecule has 3 aliphatic heterocycles. The largest absolute Gasteiger partial charge is 0.491 e. The van der Waals surface area contributed by atoms with Crippen molar-refractivity contribution in [3.05, 3.63) is 89.0 Å². The highest BCUT2D eigenvalue weighted by atomic mass is 35.5. The molecule has 1 unspecified atom stereocenters. The zero-order chi connectivity index (χ0) is 22.6. The maximum atomic E-state index is 14.2. The van der Waals surface area contributed by atoms with E-state index in [1.165, 1.54) is 0 Å². The number of nitrogens with zero attached hydrogens (tertiary/aromatic N) is 1. The molecule has 6 rings (SSSR count). The number of benzene rings is 3. The summed E-state index contributed by atoms with van der Waals surface area (Å²) in [5.74, 6) is -1.94. The number of amides is 1. The van der Waals surface area contributed by atoms with Gasteiger partial charge in [0.1, 0.15) is 17.8 Å². The molecule has 8 heteroatoms. The Morgan fingerprint density at radius 3 is 2.59 bits per heavy atom. The Kier molecular flexibility index (Phi) is 5.70. The molecule has 0 radical (unpaired) electrons. The molecular weight excluding hydrogens is 460 g/mol. The van der Waals surface area contributed by atoms with Gasteiger partial charge < -0.3 is 20.3 Å². The number of fused-ring (bicyclic) bond motifs is 4. The zero-order valence-electron chi connectivity index (χ0n) is 18.3. The topological polar surface area (TPSA) is 53.6 Å². The van der Waals surface area contributed by atoms with Crippen LogP contribution < -0.4 is 20.3 Å². The molecule has 1 amide bonds. The summed E-state index contributed by atoms with van der Waals surface area (Å²) >= 11 is 0. The molecule has 2 N–H and O–H groups in total. The molecular formula is C26H24ClF2N3O2. The molecule has 3 aromatic carbocycles. The van der Waals surface area contributed by atoms with Crippen molar-refractivity contribution in [1.82, 2.24) is 5.32 Å². The number of ether oxygens (including phenoxy) is 1. The Bertz CT molecular complexity index is 1250. The Balaban J connectivity index is 0.00000241. The van der Waals surface area contributed by atoms with E-state index in [2.05, 4.69) is 10.6 Å². The van der Waals surface area contributed by atoms with Crippen molar-refractivity contribution in [3.8, 4) is 5.75 Å². The van der Waals surface area contributed by atoms with E-state index in [1.807, 2.05) is 48.5 Å². The molecule has 1 fully saturated rings. The first kappa shape index (κ1) is 22.6. The van der Waals surface area contributed by atoms with Gasteiger partial charge in [-0.2, -0.15) is 0 Å². The first-order valence-corrected chi connectivity index (χ1v) is 11.2. The van der Waals surface area contributed by atoms with Gasteiger partial charge in [-0.15, -0.1) is 12.4 Å². The van der Waals surface area contributed by atoms with Gasteiger partial charge in [0, 0.05) is 35.6 Å². The summed E-state index contributed by atoms with van der Waals surface area (Å²) in [4.78, 5) is 15.6. The molecule has 0 aromatic heterocycles. The summed E-state index contributed by atoms with van der Waals surface area (Å²) in [5.41, 5.74) is 2.76. The molecule has 2 atom stereocenters. The van der Waals surface area contributed by atoms with Crippen LogP contribution >= 0.6 is 12.4 Å². The van der Waals surface area contributed by atoms with E-state index in [0.717, 1.165) is 54.1 Å². The van der Waals surface area contributed by atoms with E-state index in [0.29, 0.717) is 18.2 Å². The van der Waals surface area contributed by atoms with E-state index in [9.17, 15) is 13.6 Å². The first-order valence-electron chi connectivity index (χ1n) is 11.2. The monoisotopic (exact) mass is 483 g/mol. The van der Waals surface area contributed by atoms with Crippen LogP contribution in [-0.2, 0) is 16.8 Å². The number of nitrogens with one attached hydrogen (secondary N) is 2. The number of hydrogen-bond donors (Lipinski definition) is 2. The van der Waals surface area contributed by atoms with Gasteiger partial charge in [-0.3, -0.25) is 4.79 Å². The number of hydrogen-bond acceptors (Lipinski definition) is 4. The lowest BCUT2D eigenvalue weighted by Crippen LogP contribution is -2.42. The van der Waals surface area contributed by atoms with Crippen LogP contribution in [0.2, 0.25) is 0 Å². The smallest absolute Gasteiger partial charge is 0.246 e. The third kappa shape index (κ3) is 3.42. The summed E-state index contributed by atoms with van der Waals surface area (Å²) in [6.45, 7) is 2.38. The number of carbonyl (C=O) groups excluding carboxylic acids is 1. The SMILES string of the molecule is Cl.O=C1N(Cc2ccc(N[C@@H]3CCNC3)cc2)c2ccccc2C12COc1cc(F)c(F)cc12. The van der Waals surface area contributed by atoms with Gasteiger partial charge >= 0.3 is 0 Å². The second kappa shape index (κ2) is 8.56. The Hall–Kier alpha value is -3.16. The third-order valence-corrected chi connectivity index (χ3v) is 6.92. The van der Waals surface area contributed by atoms with Gasteiger partial charge in [-0.1, -0.05) is 30.3 Å². The average molecular weight is 484 g/mol. The van der Waals surface area contributed by atoms with Crippen LogP contribution in [-0.4, -0.2) is 31.6 Å². The van der Waals surface area contributed by atoms with Crippen LogP contribution in [0.25, 0.3) is 0 Å². The molecule has 176 valence electrons. The second-order valence-electron chi connectivity index (χ2n) is 8.90. The van der Waals surface area contributed by atoms with E-state index in [4.69, 9.17) is 4.74 Å². The molecule has 3 heterocycles. The van der Waals surface area contributed by atoms with Crippen LogP contribution in [0.4, 0.5) is 20.2 Å². The van der Waals surface area contributed by atoms with Crippen molar-refractivity contribution in [2.24, 2.45) is 0 Å². The quantitative estimate of drug-likeness (QED) is 0.578. The third-order valence-electron chi connectivity index (χ3n) is 6.92. The van der Waals surface area contributed by atoms with Gasteiger partial charge in [0.2, 0.25) is 5.91 Å². The number of rotatable bonds is 4. The van der Waals surface area contributed by atoms with Crippen molar-refractivity contribution in [2.45, 2.75) is 24.4 Å². The zero-order valence-corrected chi connectivity index (χ0v) is 19.1. The molecule has 0 saturated carbocycles. The molecule has 1 spiro atoms. The van der Waals surface area contributed by atoms with Crippen molar-refractivity contribution >= 4 is 29.7 Å². The lowest BCUT2D eigenvalue weighted by Gasteiger charge is -2.23. The molecule has 5 nitrogen and oxygen atoms in total. The van der Waals surface area contributed by atoms with Gasteiger partial charge in [-0.25, -0.2) is 8.78 Å². The summed E-state index contributed by atoms with van der Waals surface area (Å²) in [6, 6.07) is 18.1. The molecule has 0 aliphatic carbocycles. The molecule has 0 bridgehead atoms. The Morgan fingerprint density at radius 1 is 1.06 bits per heavy atom. The molecule has 3 aliphatic rings. The average Bonchev–Trinajstić information content (AvgIpc) is 3.52. The highest BCUT2D eigenvalue weighted by Gasteiger charge is 2.57. The van der Waals surface area contributed by atoms with Crippen LogP contribution in [0.5, 0.6) is 5.75 Å². The number of carbonyl (C=O) groups is 1. The minimum atomic E-state index is -1.17. The van der Waals surface area contributed by atoms with Gasteiger partial charge in [0.25, 0.3) is 0 Å². The summed E-state index contributed by atoms with van der Waals surface area (Å²) < 4.78 is 33.7. The van der Waals surface area contributed by atoms with E-state index < -0.39 is 17.0 Å². The molecule has 34 heavy (non-hydrogen) atoms. The van der Waals surface area contributed by atoms with Crippen molar-refractivity contribution in [3.63, 3.8) is 0 Å². The van der Waals surface area contributed by atoms with Crippen molar-refractivity contribution in [1.29, 1.82) is 0 Å². The van der Waals surface area contributed by atoms with Crippen LogP contribution in [0.1, 0.15) is 23.1 Å². The van der Waals surface area contributed by atoms with Crippen LogP contribution in [0.3, 0.4) is 0 Å². The maximum absolute atomic E-state index is 14.2. The second-order valence-corrected chi connectivity index (χ2v) is 8.90. The van der Waals surface area contributed by atoms with Crippen LogP contribution in [0.15, 0.2) is 60.7 Å². The molecule has 1 saturated heterocycles. The predicted octanol–water partition coefficient (Wildman–Crippen LogP) is 4.39. The summed E-state index contributed by atoms with van der Waals surface area (Å²) in [5, 5.41) is 6.86. The van der Waals surface area contributed by atoms with Crippen molar-refractivity contribution < 1.29 is 18.3 Å². The molecule has 3 aromatic rings. The highest BCUT2D eigenvalue weighted by Crippen LogP contribution is 2.52. The van der Waals surface area contributed by atoms with Crippen LogP contribution in [0, 0.1) is 11.6 Å². The minimum Gasteiger partial charge on any atom is -0.491 e. The van der Waals surface area contributed by atoms with E-state index in [1.54, 1.807) is 4.90 Å². The Labute approximate surface area is 202 Å². The fraction of sp³-hybridized carbons (Fsp3) is 0.269. The number of halogens is 3. The Morgan fingerprint density at radius 2 is 1.82 bits per heavy atom. The number of anilines is 2. The lowest BCUT2D eigenvalue weighted by molar-refractivity contribution is -0.122. The fourth-order valence-electron chi connectivity index (χ4n) is 5.23. The maximum Gasteiger partial charge on any atom is 0.246 e. The normalized spacial score (nSPS) is 22.4. The highest BCUT2D eigenvalue weighted by molar-refractivity contribution is 6.11. The predicted molar refractivity (Wildman–Crippen MR) is 129 cm³/mol. The van der Waals surface area contributed by atoms with Gasteiger partial charge in [0.05, 0.1) is 6.54 Å². The summed E-state index contributed by atoms with van der Waals surface area (Å²) in [7, 11) is 0. The first-order chi connectivity index (χ1) is 16.1. The van der Waals surface area contributed by atoms with Gasteiger partial charge in [0.15, 0.2) is 11.6 Å². The van der Waals surface area contributed by atoms with E-state index >= 15 is 0 Å². The number of para-hydroxylation sites is 1. The summed E-state index contributed by atoms with van der Waals surface area (Å²) in [6.07, 6.45) is 1.09. The van der Waals surface area contributed by atoms with Gasteiger partial charge in [-0.05, 0) is 48.4 Å². The fourth-order valence-corrected chi connectivity index (χ4v) is 5.23. The standard InChI is InChI=1S/C26H23F2N3O2.ClH/c27-21-11-20-24(12-22(21)28)33-15-26(20)19-3-1-2-4-23(19)31(25(26)32)14-16-5-7-17(8-6-16)30-18-9-10-29-13-18;/h1-8,11-12,18,29-30H,9-10,13-15H2;1H/t18-,26?;/m1./s1. The van der Waals surface area contributed by atoms with Crippen molar-refractivity contribution in [2.75, 3.05) is 29.9 Å². The minimum absolute atomic E-state index is 0.